The van der Waals surface area contributed by atoms with Crippen LogP contribution < -0.4 is 0 Å². The van der Waals surface area contributed by atoms with Crippen LogP contribution in [0.1, 0.15) is 90.5 Å². The molecule has 0 bridgehead atoms. The summed E-state index contributed by atoms with van der Waals surface area (Å²) in [6.45, 7) is 9.09. The molecule has 4 aliphatic carbocycles. The van der Waals surface area contributed by atoms with Crippen molar-refractivity contribution in [3.05, 3.63) is 41.5 Å². The van der Waals surface area contributed by atoms with Gasteiger partial charge in [-0.3, -0.25) is 9.59 Å². The summed E-state index contributed by atoms with van der Waals surface area (Å²) in [5.74, 6) is 1.34. The maximum atomic E-state index is 13.9. The molecular formula is C37H52F2N2O4. The van der Waals surface area contributed by atoms with E-state index in [1.807, 2.05) is 4.90 Å². The van der Waals surface area contributed by atoms with Crippen LogP contribution in [0.5, 0.6) is 0 Å². The van der Waals surface area contributed by atoms with Gasteiger partial charge in [0.2, 0.25) is 11.8 Å². The Balaban J connectivity index is 0.999. The number of rotatable bonds is 6. The van der Waals surface area contributed by atoms with E-state index in [9.17, 15) is 28.6 Å². The van der Waals surface area contributed by atoms with E-state index in [0.29, 0.717) is 68.1 Å². The van der Waals surface area contributed by atoms with E-state index in [0.717, 1.165) is 50.7 Å². The summed E-state index contributed by atoms with van der Waals surface area (Å²) in [4.78, 5) is 29.4. The van der Waals surface area contributed by atoms with Gasteiger partial charge in [0.1, 0.15) is 11.6 Å². The molecule has 2 amide bonds. The van der Waals surface area contributed by atoms with Gasteiger partial charge >= 0.3 is 0 Å². The Morgan fingerprint density at radius 2 is 1.64 bits per heavy atom. The van der Waals surface area contributed by atoms with Crippen molar-refractivity contribution in [3.63, 3.8) is 0 Å². The van der Waals surface area contributed by atoms with Gasteiger partial charge in [0, 0.05) is 50.3 Å². The summed E-state index contributed by atoms with van der Waals surface area (Å²) < 4.78 is 27.0. The van der Waals surface area contributed by atoms with Crippen molar-refractivity contribution in [1.82, 2.24) is 9.80 Å². The normalized spacial score (nSPS) is 38.9. The number of carbonyl (C=O) groups excluding carboxylic acids is 2. The number of hydrogen-bond acceptors (Lipinski definition) is 4. The predicted octanol–water partition coefficient (Wildman–Crippen LogP) is 6.06. The molecule has 1 aliphatic heterocycles. The highest BCUT2D eigenvalue weighted by molar-refractivity contribution is 5.92. The number of carbonyl (C=O) groups is 2. The molecule has 0 unspecified atom stereocenters. The number of nitrogens with zero attached hydrogens (tertiary/aromatic N) is 2. The first kappa shape index (κ1) is 32.6. The van der Waals surface area contributed by atoms with E-state index in [2.05, 4.69) is 20.8 Å². The lowest BCUT2D eigenvalue weighted by molar-refractivity contribution is -0.174. The van der Waals surface area contributed by atoms with Gasteiger partial charge in [0.05, 0.1) is 12.2 Å². The first-order chi connectivity index (χ1) is 21.4. The molecule has 0 aromatic heterocycles. The minimum Gasteiger partial charge on any atom is -0.393 e. The lowest BCUT2D eigenvalue weighted by atomic mass is 9.43. The molecular weight excluding hydrogens is 574 g/mol. The average Bonchev–Trinajstić information content (AvgIpc) is 3.37. The fourth-order valence-electron chi connectivity index (χ4n) is 11.0. The third-order valence-electron chi connectivity index (χ3n) is 13.5. The average molecular weight is 627 g/mol. The zero-order chi connectivity index (χ0) is 32.1. The van der Waals surface area contributed by atoms with Crippen LogP contribution in [0.15, 0.2) is 24.3 Å². The first-order valence-electron chi connectivity index (χ1n) is 17.5. The van der Waals surface area contributed by atoms with Crippen LogP contribution in [0.4, 0.5) is 8.78 Å². The molecule has 5 fully saturated rings. The van der Waals surface area contributed by atoms with E-state index in [1.54, 1.807) is 4.90 Å². The van der Waals surface area contributed by atoms with Crippen LogP contribution in [0.2, 0.25) is 0 Å². The minimum atomic E-state index is -0.710. The van der Waals surface area contributed by atoms with Crippen LogP contribution in [-0.2, 0) is 9.59 Å². The monoisotopic (exact) mass is 626 g/mol. The second-order valence-corrected chi connectivity index (χ2v) is 15.7. The Kier molecular flexibility index (Phi) is 9.21. The maximum Gasteiger partial charge on any atom is 0.246 e. The van der Waals surface area contributed by atoms with Crippen molar-refractivity contribution in [1.29, 1.82) is 0 Å². The van der Waals surface area contributed by atoms with Crippen molar-refractivity contribution in [2.24, 2.45) is 46.3 Å². The highest BCUT2D eigenvalue weighted by atomic mass is 19.1. The Hall–Kier alpha value is -2.32. The molecule has 10 atom stereocenters. The molecule has 1 aromatic carbocycles. The van der Waals surface area contributed by atoms with Gasteiger partial charge in [0.25, 0.3) is 0 Å². The molecule has 6 rings (SSSR count). The van der Waals surface area contributed by atoms with Gasteiger partial charge in [-0.05, 0) is 122 Å². The zero-order valence-corrected chi connectivity index (χ0v) is 27.3. The molecule has 2 N–H and O–H groups in total. The van der Waals surface area contributed by atoms with Crippen LogP contribution in [0.3, 0.4) is 0 Å². The van der Waals surface area contributed by atoms with Crippen LogP contribution in [0.25, 0.3) is 6.08 Å². The van der Waals surface area contributed by atoms with E-state index in [-0.39, 0.29) is 40.4 Å². The molecule has 4 saturated carbocycles. The van der Waals surface area contributed by atoms with E-state index in [4.69, 9.17) is 0 Å². The van der Waals surface area contributed by atoms with Crippen LogP contribution in [-0.4, -0.2) is 70.2 Å². The highest BCUT2D eigenvalue weighted by Gasteiger charge is 2.62. The summed E-state index contributed by atoms with van der Waals surface area (Å²) in [6.07, 6.45) is 11.9. The van der Waals surface area contributed by atoms with E-state index in [1.165, 1.54) is 37.5 Å². The molecule has 8 heteroatoms. The number of aliphatic hydroxyl groups excluding tert-OH is 2. The van der Waals surface area contributed by atoms with Crippen molar-refractivity contribution in [2.75, 3.05) is 26.2 Å². The van der Waals surface area contributed by atoms with Crippen molar-refractivity contribution >= 4 is 17.9 Å². The van der Waals surface area contributed by atoms with E-state index >= 15 is 0 Å². The SMILES string of the molecule is C[C@H](CCC(=O)N1CCN(C(=O)/C=C/c2ccc(F)cc2F)CC1)[C@H]1CC[C@H]2[C@@H]3[C@@H](O)C[C@@H]4C[C@H](O)CC[C@]4(C)[C@H]3CC[C@]12C. The number of halogens is 2. The molecule has 45 heavy (non-hydrogen) atoms. The molecule has 5 aliphatic rings. The number of piperazine rings is 1. The van der Waals surface area contributed by atoms with Crippen molar-refractivity contribution < 1.29 is 28.6 Å². The van der Waals surface area contributed by atoms with Crippen molar-refractivity contribution in [2.45, 2.75) is 97.2 Å². The Bertz CT molecular complexity index is 1300. The van der Waals surface area contributed by atoms with Crippen LogP contribution in [0, 0.1) is 58.0 Å². The Labute approximate surface area is 267 Å². The molecule has 248 valence electrons. The van der Waals surface area contributed by atoms with Crippen LogP contribution >= 0.6 is 0 Å². The largest absolute Gasteiger partial charge is 0.393 e. The molecule has 1 heterocycles. The first-order valence-corrected chi connectivity index (χ1v) is 17.5. The summed E-state index contributed by atoms with van der Waals surface area (Å²) in [7, 11) is 0. The lowest BCUT2D eigenvalue weighted by Crippen LogP contribution is -2.58. The second-order valence-electron chi connectivity index (χ2n) is 15.7. The highest BCUT2D eigenvalue weighted by Crippen LogP contribution is 2.68. The third-order valence-corrected chi connectivity index (χ3v) is 13.5. The quantitative estimate of drug-likeness (QED) is 0.377. The summed E-state index contributed by atoms with van der Waals surface area (Å²) >= 11 is 0. The minimum absolute atomic E-state index is 0.141. The zero-order valence-electron chi connectivity index (χ0n) is 27.3. The number of fused-ring (bicyclic) bond motifs is 5. The van der Waals surface area contributed by atoms with Gasteiger partial charge in [-0.1, -0.05) is 20.8 Å². The van der Waals surface area contributed by atoms with Gasteiger partial charge in [-0.15, -0.1) is 0 Å². The van der Waals surface area contributed by atoms with Crippen molar-refractivity contribution in [3.8, 4) is 0 Å². The van der Waals surface area contributed by atoms with Gasteiger partial charge in [0.15, 0.2) is 0 Å². The van der Waals surface area contributed by atoms with Gasteiger partial charge in [-0.2, -0.15) is 0 Å². The fraction of sp³-hybridized carbons (Fsp3) is 0.730. The lowest BCUT2D eigenvalue weighted by Gasteiger charge is -2.62. The smallest absolute Gasteiger partial charge is 0.246 e. The topological polar surface area (TPSA) is 81.1 Å². The number of hydrogen-bond donors (Lipinski definition) is 2. The maximum absolute atomic E-state index is 13.9. The Morgan fingerprint density at radius 1 is 0.956 bits per heavy atom. The molecule has 0 spiro atoms. The number of amides is 2. The molecule has 1 aromatic rings. The Morgan fingerprint density at radius 3 is 2.38 bits per heavy atom. The fourth-order valence-corrected chi connectivity index (χ4v) is 11.0. The number of benzene rings is 1. The van der Waals surface area contributed by atoms with E-state index < -0.39 is 11.6 Å². The molecule has 1 saturated heterocycles. The third kappa shape index (κ3) is 6.10. The number of aliphatic hydroxyl groups is 2. The van der Waals surface area contributed by atoms with Gasteiger partial charge in [-0.25, -0.2) is 8.78 Å². The standard InChI is InChI=1S/C37H52F2N2O4/c1-23(4-10-33(44)40-16-18-41(19-17-40)34(45)11-6-24-5-7-26(38)22-31(24)39)28-8-9-29-35-30(13-15-37(28,29)3)36(2)14-12-27(42)20-25(36)21-32(35)43/h5-7,11,22-23,25,27-30,32,35,42-43H,4,8-10,12-21H2,1-3H3/b11-6+/t23-,25+,27-,28-,29+,30+,32+,35+,36+,37-/m1/s1. The molecule has 6 nitrogen and oxygen atoms in total. The summed E-state index contributed by atoms with van der Waals surface area (Å²) in [5, 5.41) is 21.9. The molecule has 0 radical (unpaired) electrons. The van der Waals surface area contributed by atoms with Gasteiger partial charge < -0.3 is 20.0 Å². The predicted molar refractivity (Wildman–Crippen MR) is 170 cm³/mol. The second kappa shape index (κ2) is 12.7. The summed E-state index contributed by atoms with van der Waals surface area (Å²) in [5.41, 5.74) is 0.579. The summed E-state index contributed by atoms with van der Waals surface area (Å²) in [6, 6.07) is 3.26.